The monoisotopic (exact) mass is 269 g/mol. The summed E-state index contributed by atoms with van der Waals surface area (Å²) < 4.78 is 24.4. The van der Waals surface area contributed by atoms with Crippen LogP contribution in [0.4, 0.5) is 4.39 Å². The summed E-state index contributed by atoms with van der Waals surface area (Å²) >= 11 is 0. The van der Waals surface area contributed by atoms with Crippen LogP contribution in [0, 0.1) is 11.7 Å². The summed E-state index contributed by atoms with van der Waals surface area (Å²) in [6.45, 7) is 8.00. The van der Waals surface area contributed by atoms with Crippen LogP contribution in [0.1, 0.15) is 26.3 Å². The molecule has 3 nitrogen and oxygen atoms in total. The summed E-state index contributed by atoms with van der Waals surface area (Å²) in [6, 6.07) is 5.00. The van der Waals surface area contributed by atoms with Crippen molar-refractivity contribution in [3.05, 3.63) is 29.6 Å². The first-order chi connectivity index (χ1) is 9.04. The van der Waals surface area contributed by atoms with Crippen molar-refractivity contribution in [3.63, 3.8) is 0 Å². The molecule has 0 saturated heterocycles. The summed E-state index contributed by atoms with van der Waals surface area (Å²) in [4.78, 5) is 0. The molecule has 0 radical (unpaired) electrons. The Morgan fingerprint density at radius 2 is 2.00 bits per heavy atom. The van der Waals surface area contributed by atoms with Crippen LogP contribution >= 0.6 is 0 Å². The van der Waals surface area contributed by atoms with E-state index in [9.17, 15) is 4.39 Å². The van der Waals surface area contributed by atoms with Gasteiger partial charge in [0.25, 0.3) is 0 Å². The van der Waals surface area contributed by atoms with Crippen molar-refractivity contribution in [2.75, 3.05) is 20.3 Å². The van der Waals surface area contributed by atoms with E-state index in [1.54, 1.807) is 13.2 Å². The molecule has 0 spiro atoms. The van der Waals surface area contributed by atoms with Gasteiger partial charge in [0.15, 0.2) is 11.6 Å². The van der Waals surface area contributed by atoms with Crippen LogP contribution in [0.15, 0.2) is 18.2 Å². The maximum atomic E-state index is 13.8. The fourth-order valence-electron chi connectivity index (χ4n) is 1.62. The minimum Gasteiger partial charge on any atom is -0.487 e. The molecule has 1 atom stereocenters. The summed E-state index contributed by atoms with van der Waals surface area (Å²) in [5.74, 6) is 0.557. The standard InChI is InChI=1S/C15H24FNO2/c1-11(2)8-17-9-13-6-5-7-14(16)15(13)19-10-12(3)18-4/h5-7,11-12,17H,8-10H2,1-4H3. The maximum absolute atomic E-state index is 13.8. The first-order valence-corrected chi connectivity index (χ1v) is 6.68. The molecule has 0 saturated carbocycles. The molecule has 0 amide bonds. The number of hydrogen-bond donors (Lipinski definition) is 1. The maximum Gasteiger partial charge on any atom is 0.165 e. The molecule has 0 bridgehead atoms. The van der Waals surface area contributed by atoms with Gasteiger partial charge in [-0.3, -0.25) is 0 Å². The van der Waals surface area contributed by atoms with E-state index < -0.39 is 0 Å². The first-order valence-electron chi connectivity index (χ1n) is 6.68. The molecular formula is C15H24FNO2. The Morgan fingerprint density at radius 3 is 2.63 bits per heavy atom. The van der Waals surface area contributed by atoms with Gasteiger partial charge in [0.2, 0.25) is 0 Å². The highest BCUT2D eigenvalue weighted by atomic mass is 19.1. The van der Waals surface area contributed by atoms with Crippen LogP contribution in [-0.4, -0.2) is 26.4 Å². The number of para-hydroxylation sites is 1. The number of nitrogens with one attached hydrogen (secondary N) is 1. The van der Waals surface area contributed by atoms with E-state index in [1.165, 1.54) is 6.07 Å². The van der Waals surface area contributed by atoms with Crippen molar-refractivity contribution in [2.45, 2.75) is 33.4 Å². The van der Waals surface area contributed by atoms with Crippen LogP contribution in [0.2, 0.25) is 0 Å². The lowest BCUT2D eigenvalue weighted by Gasteiger charge is -2.16. The van der Waals surface area contributed by atoms with Crippen molar-refractivity contribution >= 4 is 0 Å². The Hall–Kier alpha value is -1.13. The smallest absolute Gasteiger partial charge is 0.165 e. The molecule has 1 rings (SSSR count). The number of methoxy groups -OCH3 is 1. The molecule has 0 heterocycles. The fourth-order valence-corrected chi connectivity index (χ4v) is 1.62. The average molecular weight is 269 g/mol. The fraction of sp³-hybridized carbons (Fsp3) is 0.600. The van der Waals surface area contributed by atoms with Crippen molar-refractivity contribution in [2.24, 2.45) is 5.92 Å². The van der Waals surface area contributed by atoms with E-state index in [-0.39, 0.29) is 11.9 Å². The number of halogens is 1. The van der Waals surface area contributed by atoms with E-state index in [2.05, 4.69) is 19.2 Å². The van der Waals surface area contributed by atoms with Crippen LogP contribution < -0.4 is 10.1 Å². The number of rotatable bonds is 8. The number of hydrogen-bond acceptors (Lipinski definition) is 3. The molecule has 0 fully saturated rings. The predicted molar refractivity (Wildman–Crippen MR) is 74.9 cm³/mol. The van der Waals surface area contributed by atoms with E-state index >= 15 is 0 Å². The third-order valence-corrected chi connectivity index (χ3v) is 2.78. The predicted octanol–water partition coefficient (Wildman–Crippen LogP) is 2.99. The van der Waals surface area contributed by atoms with Crippen LogP contribution in [0.3, 0.4) is 0 Å². The Labute approximate surface area is 115 Å². The summed E-state index contributed by atoms with van der Waals surface area (Å²) in [5, 5.41) is 3.29. The molecule has 0 aliphatic carbocycles. The van der Waals surface area contributed by atoms with E-state index in [4.69, 9.17) is 9.47 Å². The first kappa shape index (κ1) is 15.9. The molecule has 1 unspecified atom stereocenters. The summed E-state index contributed by atoms with van der Waals surface area (Å²) in [5.41, 5.74) is 0.837. The lowest BCUT2D eigenvalue weighted by Crippen LogP contribution is -2.21. The van der Waals surface area contributed by atoms with Crippen molar-refractivity contribution in [1.82, 2.24) is 5.32 Å². The minimum absolute atomic E-state index is 0.0592. The van der Waals surface area contributed by atoms with Gasteiger partial charge in [0.05, 0.1) is 6.10 Å². The van der Waals surface area contributed by atoms with Gasteiger partial charge in [-0.15, -0.1) is 0 Å². The molecule has 0 aromatic heterocycles. The van der Waals surface area contributed by atoms with Gasteiger partial charge in [-0.2, -0.15) is 0 Å². The molecule has 1 N–H and O–H groups in total. The number of benzene rings is 1. The van der Waals surface area contributed by atoms with Crippen molar-refractivity contribution < 1.29 is 13.9 Å². The van der Waals surface area contributed by atoms with Crippen molar-refractivity contribution in [1.29, 1.82) is 0 Å². The van der Waals surface area contributed by atoms with Gasteiger partial charge in [-0.25, -0.2) is 4.39 Å². The van der Waals surface area contributed by atoms with Gasteiger partial charge < -0.3 is 14.8 Å². The van der Waals surface area contributed by atoms with E-state index in [0.29, 0.717) is 24.8 Å². The Bertz CT molecular complexity index is 382. The van der Waals surface area contributed by atoms with Crippen molar-refractivity contribution in [3.8, 4) is 5.75 Å². The largest absolute Gasteiger partial charge is 0.487 e. The van der Waals surface area contributed by atoms with Gasteiger partial charge in [0, 0.05) is 19.2 Å². The lowest BCUT2D eigenvalue weighted by molar-refractivity contribution is 0.0697. The van der Waals surface area contributed by atoms with Gasteiger partial charge >= 0.3 is 0 Å². The highest BCUT2D eigenvalue weighted by Gasteiger charge is 2.11. The molecule has 108 valence electrons. The SMILES string of the molecule is COC(C)COc1c(F)cccc1CNCC(C)C. The molecule has 1 aromatic carbocycles. The second-order valence-corrected chi connectivity index (χ2v) is 5.11. The van der Waals surface area contributed by atoms with E-state index in [0.717, 1.165) is 12.1 Å². The Balaban J connectivity index is 2.66. The molecule has 0 aliphatic heterocycles. The van der Waals surface area contributed by atoms with Crippen LogP contribution in [0.25, 0.3) is 0 Å². The molecule has 4 heteroatoms. The van der Waals surface area contributed by atoms with Gasteiger partial charge in [-0.05, 0) is 25.5 Å². The van der Waals surface area contributed by atoms with Crippen LogP contribution in [-0.2, 0) is 11.3 Å². The summed E-state index contributed by atoms with van der Waals surface area (Å²) in [7, 11) is 1.61. The molecule has 1 aromatic rings. The number of ether oxygens (including phenoxy) is 2. The molecule has 19 heavy (non-hydrogen) atoms. The third kappa shape index (κ3) is 5.57. The lowest BCUT2D eigenvalue weighted by atomic mass is 10.1. The van der Waals surface area contributed by atoms with Crippen LogP contribution in [0.5, 0.6) is 5.75 Å². The second-order valence-electron chi connectivity index (χ2n) is 5.11. The molecular weight excluding hydrogens is 245 g/mol. The topological polar surface area (TPSA) is 30.5 Å². The Morgan fingerprint density at radius 1 is 1.26 bits per heavy atom. The third-order valence-electron chi connectivity index (χ3n) is 2.78. The second kappa shape index (κ2) is 8.12. The normalized spacial score (nSPS) is 12.7. The average Bonchev–Trinajstić information content (AvgIpc) is 2.37. The summed E-state index contributed by atoms with van der Waals surface area (Å²) in [6.07, 6.45) is -0.0592. The zero-order valence-electron chi connectivity index (χ0n) is 12.2. The van der Waals surface area contributed by atoms with Gasteiger partial charge in [-0.1, -0.05) is 26.0 Å². The highest BCUT2D eigenvalue weighted by Crippen LogP contribution is 2.23. The van der Waals surface area contributed by atoms with E-state index in [1.807, 2.05) is 13.0 Å². The van der Waals surface area contributed by atoms with Gasteiger partial charge in [0.1, 0.15) is 6.61 Å². The Kier molecular flexibility index (Phi) is 6.81. The molecule has 0 aliphatic rings. The minimum atomic E-state index is -0.327. The highest BCUT2D eigenvalue weighted by molar-refractivity contribution is 5.34. The zero-order valence-corrected chi connectivity index (χ0v) is 12.2. The quantitative estimate of drug-likeness (QED) is 0.787. The zero-order chi connectivity index (χ0) is 14.3.